The van der Waals surface area contributed by atoms with Gasteiger partial charge in [-0.2, -0.15) is 0 Å². The molecule has 1 amide bonds. The molecule has 24 heavy (non-hydrogen) atoms. The minimum atomic E-state index is -0.0790. The Bertz CT molecular complexity index is 736. The van der Waals surface area contributed by atoms with E-state index in [1.54, 1.807) is 6.26 Å². The highest BCUT2D eigenvalue weighted by Crippen LogP contribution is 2.32. The molecule has 1 N–H and O–H groups in total. The zero-order valence-corrected chi connectivity index (χ0v) is 13.9. The fourth-order valence-corrected chi connectivity index (χ4v) is 3.10. The first-order valence-corrected chi connectivity index (χ1v) is 8.35. The third-order valence-corrected chi connectivity index (χ3v) is 4.58. The Balaban J connectivity index is 1.81. The maximum absolute atomic E-state index is 12.3. The number of ketones is 1. The van der Waals surface area contributed by atoms with Crippen molar-refractivity contribution in [2.75, 3.05) is 5.32 Å². The maximum atomic E-state index is 12.3. The SMILES string of the molecule is CCC(CC)C(=O)Nc1ncc2c(n1)C[C@@H](c1ccco1)CC2=O. The van der Waals surface area contributed by atoms with Gasteiger partial charge in [-0.25, -0.2) is 9.97 Å². The van der Waals surface area contributed by atoms with Crippen molar-refractivity contribution in [2.45, 2.75) is 45.4 Å². The number of nitrogens with zero attached hydrogens (tertiary/aromatic N) is 2. The number of nitrogens with one attached hydrogen (secondary N) is 1. The molecule has 2 aromatic rings. The van der Waals surface area contributed by atoms with Crippen LogP contribution >= 0.6 is 0 Å². The van der Waals surface area contributed by atoms with Crippen LogP contribution in [0, 0.1) is 5.92 Å². The summed E-state index contributed by atoms with van der Waals surface area (Å²) in [4.78, 5) is 33.0. The second-order valence-corrected chi connectivity index (χ2v) is 6.10. The average Bonchev–Trinajstić information content (AvgIpc) is 3.10. The van der Waals surface area contributed by atoms with Crippen molar-refractivity contribution < 1.29 is 14.0 Å². The van der Waals surface area contributed by atoms with Crippen LogP contribution in [0.4, 0.5) is 5.95 Å². The molecule has 1 aliphatic carbocycles. The van der Waals surface area contributed by atoms with Gasteiger partial charge >= 0.3 is 0 Å². The standard InChI is InChI=1S/C18H21N3O3/c1-3-11(4-2)17(23)21-18-19-10-13-14(20-18)8-12(9-15(13)22)16-6-5-7-24-16/h5-7,10-12H,3-4,8-9H2,1-2H3,(H,19,20,21,23)/t12-/m1/s1. The average molecular weight is 327 g/mol. The fraction of sp³-hybridized carbons (Fsp3) is 0.444. The third-order valence-electron chi connectivity index (χ3n) is 4.58. The molecule has 0 radical (unpaired) electrons. The van der Waals surface area contributed by atoms with Gasteiger partial charge in [-0.05, 0) is 25.0 Å². The molecule has 0 saturated carbocycles. The highest BCUT2D eigenvalue weighted by atomic mass is 16.3. The molecule has 6 nitrogen and oxygen atoms in total. The molecule has 0 saturated heterocycles. The normalized spacial score (nSPS) is 17.0. The van der Waals surface area contributed by atoms with Gasteiger partial charge in [0.15, 0.2) is 5.78 Å². The largest absolute Gasteiger partial charge is 0.469 e. The summed E-state index contributed by atoms with van der Waals surface area (Å²) in [6.45, 7) is 3.96. The minimum absolute atomic E-state index is 0.00974. The first kappa shape index (κ1) is 16.4. The second-order valence-electron chi connectivity index (χ2n) is 6.10. The molecule has 6 heteroatoms. The number of carbonyl (C=O) groups excluding carboxylic acids is 2. The Hall–Kier alpha value is -2.50. The molecule has 0 bridgehead atoms. The van der Waals surface area contributed by atoms with Gasteiger partial charge in [0.2, 0.25) is 11.9 Å². The van der Waals surface area contributed by atoms with E-state index in [1.165, 1.54) is 6.20 Å². The summed E-state index contributed by atoms with van der Waals surface area (Å²) in [7, 11) is 0. The number of Topliss-reactive ketones (excluding diaryl/α,β-unsaturated/α-hetero) is 1. The predicted molar refractivity (Wildman–Crippen MR) is 88.8 cm³/mol. The molecular formula is C18H21N3O3. The Morgan fingerprint density at radius 2 is 2.17 bits per heavy atom. The molecule has 0 fully saturated rings. The number of rotatable bonds is 5. The zero-order chi connectivity index (χ0) is 17.1. The van der Waals surface area contributed by atoms with Crippen molar-refractivity contribution in [1.82, 2.24) is 9.97 Å². The van der Waals surface area contributed by atoms with Gasteiger partial charge in [-0.15, -0.1) is 0 Å². The maximum Gasteiger partial charge on any atom is 0.229 e. The van der Waals surface area contributed by atoms with Crippen molar-refractivity contribution in [3.63, 3.8) is 0 Å². The van der Waals surface area contributed by atoms with E-state index >= 15 is 0 Å². The minimum Gasteiger partial charge on any atom is -0.469 e. The quantitative estimate of drug-likeness (QED) is 0.910. The summed E-state index contributed by atoms with van der Waals surface area (Å²) in [6.07, 6.45) is 5.66. The number of hydrogen-bond donors (Lipinski definition) is 1. The highest BCUT2D eigenvalue weighted by Gasteiger charge is 2.29. The smallest absolute Gasteiger partial charge is 0.229 e. The summed E-state index contributed by atoms with van der Waals surface area (Å²) in [5, 5.41) is 2.76. The molecule has 0 aliphatic heterocycles. The van der Waals surface area contributed by atoms with Crippen LogP contribution in [-0.2, 0) is 11.2 Å². The van der Waals surface area contributed by atoms with Crippen LogP contribution < -0.4 is 5.32 Å². The second kappa shape index (κ2) is 6.95. The number of anilines is 1. The Kier molecular flexibility index (Phi) is 4.74. The first-order valence-electron chi connectivity index (χ1n) is 8.35. The van der Waals surface area contributed by atoms with Crippen molar-refractivity contribution in [2.24, 2.45) is 5.92 Å². The van der Waals surface area contributed by atoms with Crippen LogP contribution in [0.2, 0.25) is 0 Å². The van der Waals surface area contributed by atoms with Crippen molar-refractivity contribution in [3.8, 4) is 0 Å². The van der Waals surface area contributed by atoms with Crippen LogP contribution in [0.3, 0.4) is 0 Å². The third kappa shape index (κ3) is 3.22. The van der Waals surface area contributed by atoms with Gasteiger partial charge in [0.1, 0.15) is 5.76 Å². The van der Waals surface area contributed by atoms with E-state index in [-0.39, 0.29) is 29.5 Å². The Labute approximate surface area is 140 Å². The molecule has 2 heterocycles. The number of furan rings is 1. The van der Waals surface area contributed by atoms with Crippen molar-refractivity contribution in [1.29, 1.82) is 0 Å². The number of fused-ring (bicyclic) bond motifs is 1. The number of amides is 1. The van der Waals surface area contributed by atoms with Crippen LogP contribution in [0.5, 0.6) is 0 Å². The van der Waals surface area contributed by atoms with Crippen molar-refractivity contribution >= 4 is 17.6 Å². The predicted octanol–water partition coefficient (Wildman–Crippen LogP) is 3.36. The lowest BCUT2D eigenvalue weighted by Crippen LogP contribution is -2.25. The van der Waals surface area contributed by atoms with Gasteiger partial charge in [-0.3, -0.25) is 14.9 Å². The van der Waals surface area contributed by atoms with Gasteiger partial charge < -0.3 is 4.42 Å². The lowest BCUT2D eigenvalue weighted by molar-refractivity contribution is -0.120. The molecule has 1 aliphatic rings. The van der Waals surface area contributed by atoms with Crippen molar-refractivity contribution in [3.05, 3.63) is 41.6 Å². The van der Waals surface area contributed by atoms with Gasteiger partial charge in [0.05, 0.1) is 17.5 Å². The number of carbonyl (C=O) groups is 2. The van der Waals surface area contributed by atoms with E-state index in [9.17, 15) is 9.59 Å². The Morgan fingerprint density at radius 3 is 2.83 bits per heavy atom. The molecule has 3 rings (SSSR count). The van der Waals surface area contributed by atoms with E-state index < -0.39 is 0 Å². The zero-order valence-electron chi connectivity index (χ0n) is 13.9. The van der Waals surface area contributed by atoms with E-state index in [0.717, 1.165) is 18.6 Å². The Morgan fingerprint density at radius 1 is 1.38 bits per heavy atom. The molecule has 2 aromatic heterocycles. The molecule has 0 aromatic carbocycles. The van der Waals surface area contributed by atoms with Crippen LogP contribution in [0.15, 0.2) is 29.0 Å². The van der Waals surface area contributed by atoms with Gasteiger partial charge in [0, 0.05) is 30.9 Å². The van der Waals surface area contributed by atoms with E-state index in [0.29, 0.717) is 24.1 Å². The number of hydrogen-bond acceptors (Lipinski definition) is 5. The lowest BCUT2D eigenvalue weighted by Gasteiger charge is -2.21. The fourth-order valence-electron chi connectivity index (χ4n) is 3.10. The van der Waals surface area contributed by atoms with Crippen LogP contribution in [0.1, 0.15) is 60.8 Å². The summed E-state index contributed by atoms with van der Waals surface area (Å²) >= 11 is 0. The molecule has 0 unspecified atom stereocenters. The molecular weight excluding hydrogens is 306 g/mol. The first-order chi connectivity index (χ1) is 11.6. The summed E-state index contributed by atoms with van der Waals surface area (Å²) in [6, 6.07) is 3.69. The number of aromatic nitrogens is 2. The molecule has 0 spiro atoms. The van der Waals surface area contributed by atoms with Gasteiger partial charge in [0.25, 0.3) is 0 Å². The van der Waals surface area contributed by atoms with Crippen LogP contribution in [0.25, 0.3) is 0 Å². The molecule has 1 atom stereocenters. The summed E-state index contributed by atoms with van der Waals surface area (Å²) in [5.74, 6) is 0.911. The van der Waals surface area contributed by atoms with Gasteiger partial charge in [-0.1, -0.05) is 13.8 Å². The van der Waals surface area contributed by atoms with E-state index in [1.807, 2.05) is 26.0 Å². The van der Waals surface area contributed by atoms with E-state index in [4.69, 9.17) is 4.42 Å². The monoisotopic (exact) mass is 327 g/mol. The molecule has 126 valence electrons. The lowest BCUT2D eigenvalue weighted by atomic mass is 9.85. The summed E-state index contributed by atoms with van der Waals surface area (Å²) < 4.78 is 5.43. The van der Waals surface area contributed by atoms with Crippen LogP contribution in [-0.4, -0.2) is 21.7 Å². The summed E-state index contributed by atoms with van der Waals surface area (Å²) in [5.41, 5.74) is 1.21. The topological polar surface area (TPSA) is 85.1 Å². The van der Waals surface area contributed by atoms with E-state index in [2.05, 4.69) is 15.3 Å². The highest BCUT2D eigenvalue weighted by molar-refractivity contribution is 5.98.